The van der Waals surface area contributed by atoms with Crippen LogP contribution in [0.4, 0.5) is 0 Å². The average Bonchev–Trinajstić information content (AvgIpc) is 2.30. The van der Waals surface area contributed by atoms with E-state index in [4.69, 9.17) is 5.11 Å². The van der Waals surface area contributed by atoms with Crippen LogP contribution in [-0.4, -0.2) is 26.3 Å². The molecule has 1 aromatic heterocycles. The Morgan fingerprint density at radius 3 is 2.69 bits per heavy atom. The van der Waals surface area contributed by atoms with Crippen molar-refractivity contribution in [3.8, 4) is 11.3 Å². The summed E-state index contributed by atoms with van der Waals surface area (Å²) in [4.78, 5) is 14.6. The molecule has 5 heteroatoms. The molecule has 2 aromatic rings. The van der Waals surface area contributed by atoms with E-state index in [1.807, 2.05) is 30.3 Å². The number of nitrogens with zero attached hydrogens (tertiary/aromatic N) is 3. The molecule has 0 spiro atoms. The van der Waals surface area contributed by atoms with Gasteiger partial charge in [0, 0.05) is 5.56 Å². The Kier molecular flexibility index (Phi) is 2.86. The highest BCUT2D eigenvalue weighted by molar-refractivity contribution is 5.69. The number of rotatable bonds is 3. The predicted molar refractivity (Wildman–Crippen MR) is 56.6 cm³/mol. The zero-order valence-electron chi connectivity index (χ0n) is 8.37. The Balaban J connectivity index is 2.33. The van der Waals surface area contributed by atoms with Crippen molar-refractivity contribution in [2.75, 3.05) is 0 Å². The van der Waals surface area contributed by atoms with Crippen LogP contribution in [0.2, 0.25) is 0 Å². The van der Waals surface area contributed by atoms with E-state index in [2.05, 4.69) is 15.2 Å². The number of hydrogen-bond donors (Lipinski definition) is 1. The molecule has 0 saturated heterocycles. The van der Waals surface area contributed by atoms with E-state index in [0.29, 0.717) is 5.69 Å². The summed E-state index contributed by atoms with van der Waals surface area (Å²) >= 11 is 0. The third-order valence-corrected chi connectivity index (χ3v) is 1.98. The van der Waals surface area contributed by atoms with Crippen molar-refractivity contribution in [3.63, 3.8) is 0 Å². The van der Waals surface area contributed by atoms with Gasteiger partial charge in [0.2, 0.25) is 0 Å². The lowest BCUT2D eigenvalue weighted by molar-refractivity contribution is -0.136. The van der Waals surface area contributed by atoms with E-state index in [-0.39, 0.29) is 12.2 Å². The maximum absolute atomic E-state index is 10.5. The van der Waals surface area contributed by atoms with Gasteiger partial charge < -0.3 is 5.11 Å². The fraction of sp³-hybridized carbons (Fsp3) is 0.0909. The fourth-order valence-electron chi connectivity index (χ4n) is 1.30. The predicted octanol–water partition coefficient (Wildman–Crippen LogP) is 1.17. The zero-order valence-corrected chi connectivity index (χ0v) is 8.37. The summed E-state index contributed by atoms with van der Waals surface area (Å²) in [6.45, 7) is 0. The van der Waals surface area contributed by atoms with Crippen molar-refractivity contribution < 1.29 is 9.90 Å². The second kappa shape index (κ2) is 4.48. The fourth-order valence-corrected chi connectivity index (χ4v) is 1.30. The quantitative estimate of drug-likeness (QED) is 0.831. The van der Waals surface area contributed by atoms with Crippen LogP contribution in [0.1, 0.15) is 5.82 Å². The Hall–Kier alpha value is -2.30. The lowest BCUT2D eigenvalue weighted by atomic mass is 10.2. The number of carboxylic acid groups (broad SMARTS) is 1. The third kappa shape index (κ3) is 2.38. The first-order valence-corrected chi connectivity index (χ1v) is 4.71. The molecule has 0 unspecified atom stereocenters. The summed E-state index contributed by atoms with van der Waals surface area (Å²) in [5, 5.41) is 16.0. The van der Waals surface area contributed by atoms with Crippen molar-refractivity contribution in [1.29, 1.82) is 0 Å². The molecule has 0 bridgehead atoms. The van der Waals surface area contributed by atoms with Gasteiger partial charge in [-0.2, -0.15) is 5.10 Å². The Morgan fingerprint density at radius 1 is 1.25 bits per heavy atom. The molecule has 1 aromatic carbocycles. The standard InChI is InChI=1S/C11H9N3O2/c15-11(16)6-10-13-9(7-12-14-10)8-4-2-1-3-5-8/h1-5,7H,6H2,(H,15,16). The van der Waals surface area contributed by atoms with Crippen LogP contribution < -0.4 is 0 Å². The maximum Gasteiger partial charge on any atom is 0.311 e. The molecule has 1 heterocycles. The molecule has 80 valence electrons. The van der Waals surface area contributed by atoms with Crippen LogP contribution in [0.25, 0.3) is 11.3 Å². The van der Waals surface area contributed by atoms with Crippen LogP contribution in [0.3, 0.4) is 0 Å². The molecule has 0 fully saturated rings. The monoisotopic (exact) mass is 215 g/mol. The number of aliphatic carboxylic acids is 1. The number of aromatic nitrogens is 3. The van der Waals surface area contributed by atoms with E-state index < -0.39 is 5.97 Å². The molecular formula is C11H9N3O2. The largest absolute Gasteiger partial charge is 0.481 e. The van der Waals surface area contributed by atoms with Crippen molar-refractivity contribution in [2.45, 2.75) is 6.42 Å². The topological polar surface area (TPSA) is 76.0 Å². The first kappa shape index (κ1) is 10.2. The SMILES string of the molecule is O=C(O)Cc1nncc(-c2ccccc2)n1. The lowest BCUT2D eigenvalue weighted by Gasteiger charge is -2.00. The van der Waals surface area contributed by atoms with E-state index >= 15 is 0 Å². The minimum atomic E-state index is -0.966. The van der Waals surface area contributed by atoms with Crippen molar-refractivity contribution >= 4 is 5.97 Å². The Bertz CT molecular complexity index is 500. The normalized spacial score (nSPS) is 10.0. The zero-order chi connectivity index (χ0) is 11.4. The summed E-state index contributed by atoms with van der Waals surface area (Å²) in [7, 11) is 0. The van der Waals surface area contributed by atoms with Crippen LogP contribution in [0.15, 0.2) is 36.5 Å². The van der Waals surface area contributed by atoms with Gasteiger partial charge in [-0.1, -0.05) is 30.3 Å². The minimum Gasteiger partial charge on any atom is -0.481 e. The second-order valence-corrected chi connectivity index (χ2v) is 3.19. The summed E-state index contributed by atoms with van der Waals surface area (Å²) in [6.07, 6.45) is 1.30. The van der Waals surface area contributed by atoms with Crippen LogP contribution in [0, 0.1) is 0 Å². The van der Waals surface area contributed by atoms with Gasteiger partial charge in [-0.05, 0) is 0 Å². The Morgan fingerprint density at radius 2 is 2.00 bits per heavy atom. The smallest absolute Gasteiger partial charge is 0.311 e. The van der Waals surface area contributed by atoms with E-state index in [1.165, 1.54) is 6.20 Å². The highest BCUT2D eigenvalue weighted by Gasteiger charge is 2.06. The minimum absolute atomic E-state index is 0.215. The maximum atomic E-state index is 10.5. The van der Waals surface area contributed by atoms with Crippen LogP contribution in [-0.2, 0) is 11.2 Å². The van der Waals surface area contributed by atoms with Gasteiger partial charge in [0.05, 0.1) is 11.9 Å². The average molecular weight is 215 g/mol. The molecular weight excluding hydrogens is 206 g/mol. The van der Waals surface area contributed by atoms with Crippen molar-refractivity contribution in [3.05, 3.63) is 42.4 Å². The molecule has 0 radical (unpaired) electrons. The highest BCUT2D eigenvalue weighted by Crippen LogP contribution is 2.14. The number of carbonyl (C=O) groups is 1. The van der Waals surface area contributed by atoms with Gasteiger partial charge in [0.1, 0.15) is 6.42 Å². The van der Waals surface area contributed by atoms with Gasteiger partial charge in [-0.15, -0.1) is 5.10 Å². The summed E-state index contributed by atoms with van der Waals surface area (Å²) < 4.78 is 0. The molecule has 1 N–H and O–H groups in total. The third-order valence-electron chi connectivity index (χ3n) is 1.98. The number of carboxylic acids is 1. The summed E-state index contributed by atoms with van der Waals surface area (Å²) in [5.41, 5.74) is 1.52. The molecule has 0 aliphatic rings. The number of benzene rings is 1. The van der Waals surface area contributed by atoms with Gasteiger partial charge >= 0.3 is 5.97 Å². The highest BCUT2D eigenvalue weighted by atomic mass is 16.4. The Labute approximate surface area is 91.8 Å². The van der Waals surface area contributed by atoms with E-state index in [1.54, 1.807) is 0 Å². The molecule has 0 aliphatic carbocycles. The van der Waals surface area contributed by atoms with Gasteiger partial charge in [-0.25, -0.2) is 4.98 Å². The van der Waals surface area contributed by atoms with Crippen LogP contribution in [0.5, 0.6) is 0 Å². The molecule has 2 rings (SSSR count). The molecule has 0 atom stereocenters. The molecule has 0 saturated carbocycles. The van der Waals surface area contributed by atoms with Gasteiger partial charge in [0.25, 0.3) is 0 Å². The molecule has 5 nitrogen and oxygen atoms in total. The van der Waals surface area contributed by atoms with Gasteiger partial charge in [0.15, 0.2) is 5.82 Å². The lowest BCUT2D eigenvalue weighted by Crippen LogP contribution is -2.06. The summed E-state index contributed by atoms with van der Waals surface area (Å²) in [5.74, 6) is -0.749. The number of hydrogen-bond acceptors (Lipinski definition) is 4. The first-order valence-electron chi connectivity index (χ1n) is 4.71. The molecule has 0 amide bonds. The van der Waals surface area contributed by atoms with E-state index in [0.717, 1.165) is 5.56 Å². The molecule has 0 aliphatic heterocycles. The van der Waals surface area contributed by atoms with Crippen LogP contribution >= 0.6 is 0 Å². The first-order chi connectivity index (χ1) is 7.75. The summed E-state index contributed by atoms with van der Waals surface area (Å²) in [6, 6.07) is 9.43. The van der Waals surface area contributed by atoms with E-state index in [9.17, 15) is 4.79 Å². The second-order valence-electron chi connectivity index (χ2n) is 3.19. The van der Waals surface area contributed by atoms with Crippen molar-refractivity contribution in [2.24, 2.45) is 0 Å². The molecule has 16 heavy (non-hydrogen) atoms. The van der Waals surface area contributed by atoms with Crippen molar-refractivity contribution in [1.82, 2.24) is 15.2 Å². The van der Waals surface area contributed by atoms with Gasteiger partial charge in [-0.3, -0.25) is 4.79 Å².